The number of fused-ring (bicyclic) bond motifs is 2. The number of benzene rings is 6. The number of carbonyl (C=O) groups excluding carboxylic acids is 3. The molecule has 0 unspecified atom stereocenters. The number of anilines is 3. The zero-order valence-electron chi connectivity index (χ0n) is 64.8. The van der Waals surface area contributed by atoms with E-state index >= 15 is 0 Å². The molecule has 0 radical (unpaired) electrons. The second kappa shape index (κ2) is 39.6. The van der Waals surface area contributed by atoms with Gasteiger partial charge in [0.15, 0.2) is 10.6 Å². The third-order valence-corrected chi connectivity index (χ3v) is 21.7. The van der Waals surface area contributed by atoms with E-state index in [1.807, 2.05) is 116 Å². The van der Waals surface area contributed by atoms with Crippen LogP contribution in [0.1, 0.15) is 98.1 Å². The van der Waals surface area contributed by atoms with Crippen LogP contribution in [-0.2, 0) is 38.2 Å². The average molecular weight is 1760 g/mol. The van der Waals surface area contributed by atoms with E-state index in [1.54, 1.807) is 66.9 Å². The fourth-order valence-electron chi connectivity index (χ4n) is 12.1. The maximum absolute atomic E-state index is 13.9. The maximum Gasteiger partial charge on any atom is 0.418 e. The predicted molar refractivity (Wildman–Crippen MR) is 447 cm³/mol. The summed E-state index contributed by atoms with van der Waals surface area (Å²) in [5.41, 5.74) is 8.28. The van der Waals surface area contributed by atoms with Gasteiger partial charge in [0, 0.05) is 153 Å². The van der Waals surface area contributed by atoms with Crippen molar-refractivity contribution in [3.63, 3.8) is 0 Å². The number of nitrogens with zero attached hydrogens (tertiary/aromatic N) is 10. The molecule has 3 aliphatic heterocycles. The number of hydrogen-bond donors (Lipinski definition) is 3. The van der Waals surface area contributed by atoms with Crippen molar-refractivity contribution in [2.75, 3.05) is 116 Å². The molecular weight excluding hydrogens is 1670 g/mol. The van der Waals surface area contributed by atoms with Gasteiger partial charge in [0.1, 0.15) is 8.07 Å². The number of aryl methyl sites for hydroxylation is 3. The van der Waals surface area contributed by atoms with E-state index in [-0.39, 0.29) is 41.3 Å². The molecule has 6 aromatic carbocycles. The Balaban J connectivity index is 0.000000179. The number of likely N-dealkylation sites (N-methyl/N-ethyl adjacent to an activating group) is 3. The lowest BCUT2D eigenvalue weighted by Gasteiger charge is -2.33. The molecule has 7 heterocycles. The summed E-state index contributed by atoms with van der Waals surface area (Å²) in [6.07, 6.45) is 4.33. The Morgan fingerprint density at radius 3 is 1.36 bits per heavy atom. The van der Waals surface area contributed by atoms with Crippen LogP contribution in [0.15, 0.2) is 175 Å². The van der Waals surface area contributed by atoms with Crippen molar-refractivity contribution in [1.29, 1.82) is 0 Å². The first kappa shape index (κ1) is 88.3. The highest BCUT2D eigenvalue weighted by atomic mass is 127. The Hall–Kier alpha value is -9.65. The average Bonchev–Trinajstić information content (AvgIpc) is 1.18. The molecule has 28 heteroatoms. The summed E-state index contributed by atoms with van der Waals surface area (Å²) in [4.78, 5) is 59.1. The molecule has 114 heavy (non-hydrogen) atoms. The van der Waals surface area contributed by atoms with Crippen LogP contribution in [0.5, 0.6) is 0 Å². The van der Waals surface area contributed by atoms with Gasteiger partial charge >= 0.3 is 18.5 Å². The van der Waals surface area contributed by atoms with Crippen LogP contribution >= 0.6 is 38.5 Å². The topological polar surface area (TPSA) is 141 Å². The molecule has 3 fully saturated rings. The molecule has 10 aromatic rings. The zero-order chi connectivity index (χ0) is 82.8. The van der Waals surface area contributed by atoms with E-state index in [9.17, 15) is 53.9 Å². The molecule has 598 valence electrons. The van der Waals surface area contributed by atoms with Gasteiger partial charge in [0.25, 0.3) is 17.7 Å². The fourth-order valence-corrected chi connectivity index (χ4v) is 13.1. The lowest BCUT2D eigenvalue weighted by molar-refractivity contribution is -0.139. The minimum absolute atomic E-state index is 0.0894. The first-order chi connectivity index (χ1) is 53.9. The second-order valence-electron chi connectivity index (χ2n) is 29.1. The highest BCUT2D eigenvalue weighted by Gasteiger charge is 2.37. The number of hydrogen-bond acceptors (Lipinski definition) is 11. The smallest absolute Gasteiger partial charge is 0.322 e. The number of carbonyl (C=O) groups is 3. The Bertz CT molecular complexity index is 5190. The molecule has 3 aliphatic rings. The van der Waals surface area contributed by atoms with Crippen molar-refractivity contribution in [1.82, 2.24) is 48.2 Å². The summed E-state index contributed by atoms with van der Waals surface area (Å²) in [6.45, 7) is 22.5. The molecule has 0 saturated carbocycles. The number of halogens is 11. The third-order valence-electron chi connectivity index (χ3n) is 19.1. The number of imidazole rings is 2. The van der Waals surface area contributed by atoms with E-state index in [1.165, 1.54) is 30.3 Å². The number of amides is 3. The van der Waals surface area contributed by atoms with E-state index in [4.69, 9.17) is 12.8 Å². The SMILES string of the molecule is Brc1ncc2ccccn12.C#C[Si](C)(C)C.C#Cc1cc(C(=O)Nc2ccc(CN3CCN(C)CC3)c(C(F)(F)F)c2)ccc1C.Cc1ccc(C(=O)Nc2ccc(CN3CCN(C)CC3)c(C(F)(F)F)c2)cc1C#Cc1ncc2ccccn12.Cc1ccc(C(=O)Nc2ccc(CN3CCN(C)CC3)cc2C(F)(F)F)cc1I. The molecule has 3 N–H and O–H groups in total. The fraction of sp³-hybridized carbons (Fsp3) is 0.314. The predicted octanol–water partition coefficient (Wildman–Crippen LogP) is 17.3. The minimum atomic E-state index is -4.55. The summed E-state index contributed by atoms with van der Waals surface area (Å²) >= 11 is 5.42. The first-order valence-electron chi connectivity index (χ1n) is 36.6. The molecule has 0 atom stereocenters. The quantitative estimate of drug-likeness (QED) is 0.0466. The number of alkyl halides is 9. The van der Waals surface area contributed by atoms with Gasteiger partial charge in [-0.2, -0.15) is 39.5 Å². The summed E-state index contributed by atoms with van der Waals surface area (Å²) in [5, 5.41) is 7.61. The molecule has 0 aliphatic carbocycles. The van der Waals surface area contributed by atoms with Gasteiger partial charge < -0.3 is 30.7 Å². The lowest BCUT2D eigenvalue weighted by atomic mass is 10.0. The van der Waals surface area contributed by atoms with E-state index in [0.29, 0.717) is 58.8 Å². The molecule has 4 aromatic heterocycles. The summed E-state index contributed by atoms with van der Waals surface area (Å²) in [6, 6.07) is 38.8. The molecule has 0 spiro atoms. The van der Waals surface area contributed by atoms with Gasteiger partial charge in [0.2, 0.25) is 0 Å². The van der Waals surface area contributed by atoms with Crippen LogP contribution in [-0.4, -0.2) is 174 Å². The molecule has 16 nitrogen and oxygen atoms in total. The first-order valence-corrected chi connectivity index (χ1v) is 42.0. The zero-order valence-corrected chi connectivity index (χ0v) is 69.5. The van der Waals surface area contributed by atoms with Gasteiger partial charge in [-0.15, -0.1) is 18.4 Å². The number of piperazine rings is 3. The second-order valence-corrected chi connectivity index (χ2v) is 35.8. The summed E-state index contributed by atoms with van der Waals surface area (Å²) in [5.74, 6) is 7.61. The number of pyridine rings is 2. The molecule has 3 saturated heterocycles. The molecule has 3 amide bonds. The van der Waals surface area contributed by atoms with Crippen molar-refractivity contribution in [3.8, 4) is 36.2 Å². The highest BCUT2D eigenvalue weighted by Crippen LogP contribution is 2.39. The van der Waals surface area contributed by atoms with Crippen LogP contribution in [0.4, 0.5) is 56.6 Å². The van der Waals surface area contributed by atoms with Gasteiger partial charge in [0.05, 0.1) is 45.8 Å². The maximum atomic E-state index is 13.9. The third kappa shape index (κ3) is 25.7. The van der Waals surface area contributed by atoms with Gasteiger partial charge in [-0.1, -0.05) is 80.0 Å². The molecule has 0 bridgehead atoms. The number of aromatic nitrogens is 4. The lowest BCUT2D eigenvalue weighted by Crippen LogP contribution is -2.44. The largest absolute Gasteiger partial charge is 0.418 e. The van der Waals surface area contributed by atoms with Gasteiger partial charge in [-0.3, -0.25) is 37.9 Å². The van der Waals surface area contributed by atoms with Crippen molar-refractivity contribution < 1.29 is 53.9 Å². The molecular formula is C86H90BrF9IN13O3Si. The van der Waals surface area contributed by atoms with Crippen LogP contribution in [0, 0.1) is 60.5 Å². The van der Waals surface area contributed by atoms with Gasteiger partial charge in [-0.05, 0) is 217 Å². The van der Waals surface area contributed by atoms with E-state index < -0.39 is 61.0 Å². The van der Waals surface area contributed by atoms with Crippen molar-refractivity contribution in [3.05, 3.63) is 262 Å². The Morgan fingerprint density at radius 2 is 0.904 bits per heavy atom. The van der Waals surface area contributed by atoms with Gasteiger partial charge in [-0.25, -0.2) is 9.97 Å². The highest BCUT2D eigenvalue weighted by molar-refractivity contribution is 14.1. The normalized spacial score (nSPS) is 14.7. The van der Waals surface area contributed by atoms with E-state index in [0.717, 1.165) is 120 Å². The Labute approximate surface area is 682 Å². The van der Waals surface area contributed by atoms with Crippen LogP contribution in [0.2, 0.25) is 19.6 Å². The number of rotatable bonds is 12. The molecule has 13 rings (SSSR count). The Morgan fingerprint density at radius 1 is 0.482 bits per heavy atom. The van der Waals surface area contributed by atoms with Crippen LogP contribution in [0.3, 0.4) is 0 Å². The van der Waals surface area contributed by atoms with E-state index in [2.05, 4.69) is 127 Å². The Kier molecular flexibility index (Phi) is 30.7. The van der Waals surface area contributed by atoms with Crippen LogP contribution < -0.4 is 16.0 Å². The summed E-state index contributed by atoms with van der Waals surface area (Å²) < 4.78 is 129. The monoisotopic (exact) mass is 1760 g/mol. The number of nitrogens with one attached hydrogen (secondary N) is 3. The van der Waals surface area contributed by atoms with Crippen molar-refractivity contribution in [2.24, 2.45) is 0 Å². The van der Waals surface area contributed by atoms with Crippen molar-refractivity contribution >= 4 is 92.4 Å². The number of terminal acetylenes is 2. The minimum Gasteiger partial charge on any atom is -0.322 e. The van der Waals surface area contributed by atoms with Crippen molar-refractivity contribution in [2.45, 2.75) is 78.6 Å². The standard InChI is InChI=1S/C30H28F3N5O.C23H24F3N3O.C21H23F3IN3O.C7H5BrN2.C5H10Si/c1-21-6-7-23(17-22(21)9-11-28-34-19-26-5-3-4-12-38(26)28)29(39)35-25-10-8-24(27(18-25)30(31,32)33)20-37-15-13-36(2)14-16-37;1-4-17-13-18(6-5-16(17)2)22(30)27-20-8-7-19(21(14-20)23(24,25)26)15-29-11-9-28(3)10-12-29;1-14-3-5-16(12-18(14)25)20(29)26-19-6-4-15(11-17(19)21(22,23)24)13-28-9-7-27(2)8-10-28;8-7-9-5-6-3-1-2-4-10(6)7;1-5-6(2,3)4/h3-8,10,12,17-19H,13-16,20H2,1-2H3,(H,35,39);1,5-8,13-14H,9-12,15H2,2-3H3,(H,27,30);3-6,11-12H,7-10,13H2,1-2H3,(H,26,29);1-5H;1H,2-4H3. The van der Waals surface area contributed by atoms with Crippen LogP contribution in [0.25, 0.3) is 11.0 Å². The summed E-state index contributed by atoms with van der Waals surface area (Å²) in [7, 11) is 4.93.